The average molecular weight is 315 g/mol. The first-order valence-corrected chi connectivity index (χ1v) is 8.72. The van der Waals surface area contributed by atoms with Crippen LogP contribution in [0.25, 0.3) is 16.5 Å². The summed E-state index contributed by atoms with van der Waals surface area (Å²) in [6.45, 7) is 10.8. The van der Waals surface area contributed by atoms with Gasteiger partial charge in [-0.2, -0.15) is 0 Å². The van der Waals surface area contributed by atoms with Gasteiger partial charge in [0.05, 0.1) is 5.52 Å². The summed E-state index contributed by atoms with van der Waals surface area (Å²) in [4.78, 5) is 4.85. The second kappa shape index (κ2) is 7.00. The summed E-state index contributed by atoms with van der Waals surface area (Å²) in [5.74, 6) is 0. The number of hydrogen-bond donors (Lipinski definition) is 0. The Bertz CT molecular complexity index is 875. The van der Waals surface area contributed by atoms with E-state index in [0.29, 0.717) is 0 Å². The molecule has 2 aromatic carbocycles. The minimum Gasteiger partial charge on any atom is -0.253 e. The Labute approximate surface area is 145 Å². The molecule has 0 N–H and O–H groups in total. The molecule has 0 amide bonds. The first kappa shape index (κ1) is 16.4. The highest BCUT2D eigenvalue weighted by atomic mass is 14.7. The summed E-state index contributed by atoms with van der Waals surface area (Å²) in [5, 5.41) is 1.25. The van der Waals surface area contributed by atoms with Crippen molar-refractivity contribution in [3.8, 4) is 0 Å². The molecule has 1 nitrogen and oxygen atoms in total. The van der Waals surface area contributed by atoms with E-state index < -0.39 is 0 Å². The fourth-order valence-electron chi connectivity index (χ4n) is 3.34. The van der Waals surface area contributed by atoms with Crippen LogP contribution in [0.3, 0.4) is 0 Å². The zero-order valence-corrected chi connectivity index (χ0v) is 14.9. The lowest BCUT2D eigenvalue weighted by atomic mass is 9.94. The van der Waals surface area contributed by atoms with Gasteiger partial charge in [0, 0.05) is 11.1 Å². The maximum Gasteiger partial charge on any atom is 0.0708 e. The van der Waals surface area contributed by atoms with Crippen molar-refractivity contribution in [2.45, 2.75) is 40.0 Å². The molecule has 0 bridgehead atoms. The van der Waals surface area contributed by atoms with Crippen LogP contribution in [0.15, 0.2) is 55.1 Å². The Balaban J connectivity index is 2.08. The molecule has 0 aliphatic heterocycles. The molecule has 3 rings (SSSR count). The third kappa shape index (κ3) is 3.26. The Morgan fingerprint density at radius 1 is 1.04 bits per heavy atom. The fourth-order valence-corrected chi connectivity index (χ4v) is 3.34. The molecule has 1 heterocycles. The maximum absolute atomic E-state index is 4.85. The smallest absolute Gasteiger partial charge is 0.0708 e. The normalized spacial score (nSPS) is 11.0. The molecule has 1 heteroatoms. The Hall–Kier alpha value is -2.41. The maximum atomic E-state index is 4.85. The molecular weight excluding hydrogens is 290 g/mol. The topological polar surface area (TPSA) is 12.9 Å². The van der Waals surface area contributed by atoms with E-state index in [2.05, 4.69) is 75.9 Å². The van der Waals surface area contributed by atoms with Crippen molar-refractivity contribution in [1.82, 2.24) is 4.98 Å². The highest BCUT2D eigenvalue weighted by molar-refractivity contribution is 5.87. The first-order chi connectivity index (χ1) is 11.6. The van der Waals surface area contributed by atoms with Gasteiger partial charge < -0.3 is 0 Å². The lowest BCUT2D eigenvalue weighted by molar-refractivity contribution is 0.975. The van der Waals surface area contributed by atoms with Crippen LogP contribution in [0.5, 0.6) is 0 Å². The summed E-state index contributed by atoms with van der Waals surface area (Å²) >= 11 is 0. The summed E-state index contributed by atoms with van der Waals surface area (Å²) in [7, 11) is 0. The van der Waals surface area contributed by atoms with E-state index in [4.69, 9.17) is 4.98 Å². The summed E-state index contributed by atoms with van der Waals surface area (Å²) < 4.78 is 0. The summed E-state index contributed by atoms with van der Waals surface area (Å²) in [6.07, 6.45) is 3.10. The predicted molar refractivity (Wildman–Crippen MR) is 104 cm³/mol. The molecule has 0 atom stereocenters. The molecule has 0 saturated heterocycles. The van der Waals surface area contributed by atoms with E-state index >= 15 is 0 Å². The second-order valence-corrected chi connectivity index (χ2v) is 6.55. The van der Waals surface area contributed by atoms with Gasteiger partial charge in [-0.05, 0) is 66.6 Å². The molecule has 0 aliphatic carbocycles. The van der Waals surface area contributed by atoms with Crippen LogP contribution < -0.4 is 0 Å². The average Bonchev–Trinajstić information content (AvgIpc) is 2.59. The SMILES string of the molecule is C=C(CCC)c1ccc2nc(C)c(Cc3ccccc3)c(C)c2c1. The van der Waals surface area contributed by atoms with Crippen molar-refractivity contribution in [1.29, 1.82) is 0 Å². The predicted octanol–water partition coefficient (Wildman–Crippen LogP) is 6.26. The third-order valence-electron chi connectivity index (χ3n) is 4.76. The van der Waals surface area contributed by atoms with Gasteiger partial charge in [0.25, 0.3) is 0 Å². The number of aryl methyl sites for hydroxylation is 2. The fraction of sp³-hybridized carbons (Fsp3) is 0.261. The first-order valence-electron chi connectivity index (χ1n) is 8.72. The molecule has 0 unspecified atom stereocenters. The lowest BCUT2D eigenvalue weighted by Crippen LogP contribution is -2.00. The van der Waals surface area contributed by atoms with Crippen LogP contribution in [0.4, 0.5) is 0 Å². The highest BCUT2D eigenvalue weighted by Crippen LogP contribution is 2.28. The highest BCUT2D eigenvalue weighted by Gasteiger charge is 2.11. The molecule has 122 valence electrons. The van der Waals surface area contributed by atoms with Crippen LogP contribution in [0.1, 0.15) is 47.7 Å². The molecule has 0 aliphatic rings. The van der Waals surface area contributed by atoms with Gasteiger partial charge in [0.2, 0.25) is 0 Å². The van der Waals surface area contributed by atoms with Gasteiger partial charge in [-0.1, -0.05) is 56.3 Å². The minimum absolute atomic E-state index is 0.932. The number of fused-ring (bicyclic) bond motifs is 1. The number of rotatable bonds is 5. The van der Waals surface area contributed by atoms with Crippen molar-refractivity contribution < 1.29 is 0 Å². The van der Waals surface area contributed by atoms with Gasteiger partial charge in [-0.3, -0.25) is 4.98 Å². The number of nitrogens with zero attached hydrogens (tertiary/aromatic N) is 1. The minimum atomic E-state index is 0.932. The number of benzene rings is 2. The van der Waals surface area contributed by atoms with Crippen molar-refractivity contribution in [2.24, 2.45) is 0 Å². The van der Waals surface area contributed by atoms with Gasteiger partial charge >= 0.3 is 0 Å². The summed E-state index contributed by atoms with van der Waals surface area (Å²) in [5.41, 5.74) is 8.67. The van der Waals surface area contributed by atoms with Crippen LogP contribution in [0, 0.1) is 13.8 Å². The van der Waals surface area contributed by atoms with Crippen LogP contribution in [-0.2, 0) is 6.42 Å². The van der Waals surface area contributed by atoms with E-state index in [9.17, 15) is 0 Å². The quantitative estimate of drug-likeness (QED) is 0.542. The van der Waals surface area contributed by atoms with Crippen molar-refractivity contribution in [3.63, 3.8) is 0 Å². The lowest BCUT2D eigenvalue weighted by Gasteiger charge is -2.14. The molecule has 0 spiro atoms. The van der Waals surface area contributed by atoms with E-state index in [1.54, 1.807) is 0 Å². The van der Waals surface area contributed by atoms with Crippen LogP contribution >= 0.6 is 0 Å². The van der Waals surface area contributed by atoms with Crippen molar-refractivity contribution >= 4 is 16.5 Å². The second-order valence-electron chi connectivity index (χ2n) is 6.55. The number of aromatic nitrogens is 1. The largest absolute Gasteiger partial charge is 0.253 e. The Morgan fingerprint density at radius 3 is 2.50 bits per heavy atom. The van der Waals surface area contributed by atoms with Gasteiger partial charge in [0.1, 0.15) is 0 Å². The zero-order chi connectivity index (χ0) is 17.1. The molecule has 0 radical (unpaired) electrons. The number of hydrogen-bond acceptors (Lipinski definition) is 1. The number of pyridine rings is 1. The Kier molecular flexibility index (Phi) is 4.80. The molecule has 3 aromatic rings. The van der Waals surface area contributed by atoms with Crippen LogP contribution in [0.2, 0.25) is 0 Å². The van der Waals surface area contributed by atoms with Gasteiger partial charge in [-0.15, -0.1) is 0 Å². The summed E-state index contributed by atoms with van der Waals surface area (Å²) in [6, 6.07) is 17.2. The monoisotopic (exact) mass is 315 g/mol. The van der Waals surface area contributed by atoms with E-state index in [1.807, 2.05) is 0 Å². The standard InChI is InChI=1S/C23H25N/c1-5-9-16(2)20-12-13-23-22(15-20)17(3)21(18(4)24-23)14-19-10-7-6-8-11-19/h6-8,10-13,15H,2,5,9,14H2,1,3-4H3. The number of allylic oxidation sites excluding steroid dienone is 1. The molecular formula is C23H25N. The van der Waals surface area contributed by atoms with E-state index in [-0.39, 0.29) is 0 Å². The van der Waals surface area contributed by atoms with E-state index in [1.165, 1.54) is 33.2 Å². The van der Waals surface area contributed by atoms with Gasteiger partial charge in [-0.25, -0.2) is 0 Å². The van der Waals surface area contributed by atoms with E-state index in [0.717, 1.165) is 30.5 Å². The molecule has 1 aromatic heterocycles. The molecule has 24 heavy (non-hydrogen) atoms. The Morgan fingerprint density at radius 2 is 1.79 bits per heavy atom. The van der Waals surface area contributed by atoms with Gasteiger partial charge in [0.15, 0.2) is 0 Å². The van der Waals surface area contributed by atoms with Crippen LogP contribution in [-0.4, -0.2) is 4.98 Å². The molecule has 0 fully saturated rings. The van der Waals surface area contributed by atoms with Crippen molar-refractivity contribution in [3.05, 3.63) is 83.1 Å². The molecule has 0 saturated carbocycles. The van der Waals surface area contributed by atoms with Crippen molar-refractivity contribution in [2.75, 3.05) is 0 Å². The third-order valence-corrected chi connectivity index (χ3v) is 4.76. The zero-order valence-electron chi connectivity index (χ0n) is 14.9.